The topological polar surface area (TPSA) is 93.9 Å². The van der Waals surface area contributed by atoms with Gasteiger partial charge in [0.15, 0.2) is 11.5 Å². The van der Waals surface area contributed by atoms with Gasteiger partial charge >= 0.3 is 0 Å². The van der Waals surface area contributed by atoms with Crippen LogP contribution in [-0.4, -0.2) is 66.9 Å². The second kappa shape index (κ2) is 10.9. The van der Waals surface area contributed by atoms with E-state index in [1.165, 1.54) is 0 Å². The summed E-state index contributed by atoms with van der Waals surface area (Å²) in [7, 11) is 0. The Balaban J connectivity index is 1.38. The third-order valence-corrected chi connectivity index (χ3v) is 5.97. The van der Waals surface area contributed by atoms with E-state index in [-0.39, 0.29) is 42.7 Å². The lowest BCUT2D eigenvalue weighted by atomic mass is 10.1. The van der Waals surface area contributed by atoms with Gasteiger partial charge in [-0.2, -0.15) is 0 Å². The molecule has 2 saturated heterocycles. The van der Waals surface area contributed by atoms with E-state index in [0.717, 1.165) is 37.9 Å². The fourth-order valence-corrected chi connectivity index (χ4v) is 4.17. The zero-order chi connectivity index (χ0) is 22.3. The van der Waals surface area contributed by atoms with Crippen LogP contribution in [0.2, 0.25) is 5.02 Å². The van der Waals surface area contributed by atoms with Crippen molar-refractivity contribution in [3.8, 4) is 11.3 Å². The molecule has 172 valence electrons. The highest BCUT2D eigenvalue weighted by atomic mass is 35.5. The molecule has 9 heteroatoms. The maximum atomic E-state index is 13.2. The van der Waals surface area contributed by atoms with E-state index in [1.54, 1.807) is 29.2 Å². The number of carbonyl (C=O) groups is 2. The monoisotopic (exact) mass is 461 g/mol. The minimum absolute atomic E-state index is 0.0341. The van der Waals surface area contributed by atoms with E-state index in [9.17, 15) is 9.59 Å². The second-order valence-corrected chi connectivity index (χ2v) is 8.60. The zero-order valence-corrected chi connectivity index (χ0v) is 18.7. The summed E-state index contributed by atoms with van der Waals surface area (Å²) in [6.45, 7) is 2.63. The molecule has 3 heterocycles. The van der Waals surface area contributed by atoms with Crippen molar-refractivity contribution < 1.29 is 23.6 Å². The van der Waals surface area contributed by atoms with Crippen LogP contribution in [0.5, 0.6) is 0 Å². The van der Waals surface area contributed by atoms with Crippen molar-refractivity contribution in [3.05, 3.63) is 41.0 Å². The standard InChI is InChI=1S/C23H28ClN3O5/c24-17-5-1-4-16(12-17)21-13-20(26-32-21)23(29)27(15-19-7-3-11-31-19)9-8-22(28)25-14-18-6-2-10-30-18/h1,4-5,12-13,18-19H,2-3,6-11,14-15H2,(H,25,28)/t18-,19-/m1/s1. The Hall–Kier alpha value is -2.42. The zero-order valence-electron chi connectivity index (χ0n) is 17.9. The molecule has 0 unspecified atom stereocenters. The Bertz CT molecular complexity index is 922. The Labute approximate surface area is 192 Å². The molecule has 1 N–H and O–H groups in total. The van der Waals surface area contributed by atoms with Crippen LogP contribution in [-0.2, 0) is 14.3 Å². The van der Waals surface area contributed by atoms with Gasteiger partial charge in [0, 0.05) is 55.9 Å². The quantitative estimate of drug-likeness (QED) is 0.615. The Morgan fingerprint density at radius 3 is 2.62 bits per heavy atom. The smallest absolute Gasteiger partial charge is 0.276 e. The van der Waals surface area contributed by atoms with Crippen molar-refractivity contribution in [2.24, 2.45) is 0 Å². The molecule has 2 aromatic rings. The van der Waals surface area contributed by atoms with Crippen molar-refractivity contribution in [2.45, 2.75) is 44.3 Å². The van der Waals surface area contributed by atoms with Gasteiger partial charge in [0.2, 0.25) is 5.91 Å². The molecule has 2 amide bonds. The fourth-order valence-electron chi connectivity index (χ4n) is 3.98. The van der Waals surface area contributed by atoms with E-state index in [4.69, 9.17) is 25.6 Å². The Morgan fingerprint density at radius 1 is 1.12 bits per heavy atom. The highest BCUT2D eigenvalue weighted by molar-refractivity contribution is 6.30. The van der Waals surface area contributed by atoms with E-state index < -0.39 is 0 Å². The summed E-state index contributed by atoms with van der Waals surface area (Å²) in [6.07, 6.45) is 4.10. The molecular weight excluding hydrogens is 434 g/mol. The first-order chi connectivity index (χ1) is 15.6. The summed E-state index contributed by atoms with van der Waals surface area (Å²) in [5, 5.41) is 7.44. The largest absolute Gasteiger partial charge is 0.376 e. The number of halogens is 1. The van der Waals surface area contributed by atoms with Crippen LogP contribution in [0.4, 0.5) is 0 Å². The van der Waals surface area contributed by atoms with Crippen LogP contribution >= 0.6 is 11.6 Å². The van der Waals surface area contributed by atoms with E-state index in [2.05, 4.69) is 10.5 Å². The van der Waals surface area contributed by atoms with Gasteiger partial charge in [-0.05, 0) is 37.8 Å². The molecule has 0 radical (unpaired) electrons. The maximum absolute atomic E-state index is 13.2. The summed E-state index contributed by atoms with van der Waals surface area (Å²) >= 11 is 6.05. The van der Waals surface area contributed by atoms with Crippen LogP contribution in [0.25, 0.3) is 11.3 Å². The van der Waals surface area contributed by atoms with Gasteiger partial charge in [-0.25, -0.2) is 0 Å². The Morgan fingerprint density at radius 2 is 1.91 bits per heavy atom. The summed E-state index contributed by atoms with van der Waals surface area (Å²) in [5.41, 5.74) is 0.931. The van der Waals surface area contributed by atoms with Gasteiger partial charge < -0.3 is 24.2 Å². The molecule has 32 heavy (non-hydrogen) atoms. The number of nitrogens with one attached hydrogen (secondary N) is 1. The number of ether oxygens (including phenoxy) is 2. The number of hydrogen-bond donors (Lipinski definition) is 1. The van der Waals surface area contributed by atoms with Crippen molar-refractivity contribution >= 4 is 23.4 Å². The Kier molecular flexibility index (Phi) is 7.78. The van der Waals surface area contributed by atoms with Gasteiger partial charge in [-0.3, -0.25) is 9.59 Å². The maximum Gasteiger partial charge on any atom is 0.276 e. The molecule has 2 atom stereocenters. The van der Waals surface area contributed by atoms with Crippen LogP contribution in [0.15, 0.2) is 34.9 Å². The molecule has 0 spiro atoms. The van der Waals surface area contributed by atoms with Crippen molar-refractivity contribution in [1.82, 2.24) is 15.4 Å². The molecule has 1 aromatic heterocycles. The molecule has 0 aliphatic carbocycles. The minimum Gasteiger partial charge on any atom is -0.376 e. The summed E-state index contributed by atoms with van der Waals surface area (Å²) < 4.78 is 16.6. The SMILES string of the molecule is O=C(CCN(C[C@H]1CCCO1)C(=O)c1cc(-c2cccc(Cl)c2)on1)NC[C@H]1CCCO1. The number of rotatable bonds is 9. The lowest BCUT2D eigenvalue weighted by Crippen LogP contribution is -2.40. The molecule has 4 rings (SSSR count). The first-order valence-corrected chi connectivity index (χ1v) is 11.5. The first-order valence-electron chi connectivity index (χ1n) is 11.1. The number of aromatic nitrogens is 1. The van der Waals surface area contributed by atoms with Crippen LogP contribution in [0.3, 0.4) is 0 Å². The highest BCUT2D eigenvalue weighted by Gasteiger charge is 2.26. The normalized spacial score (nSPS) is 20.4. The molecule has 2 fully saturated rings. The van der Waals surface area contributed by atoms with Crippen molar-refractivity contribution in [3.63, 3.8) is 0 Å². The van der Waals surface area contributed by atoms with Crippen LogP contribution in [0, 0.1) is 0 Å². The van der Waals surface area contributed by atoms with Gasteiger partial charge in [0.1, 0.15) is 0 Å². The molecule has 1 aromatic carbocycles. The van der Waals surface area contributed by atoms with Crippen molar-refractivity contribution in [1.29, 1.82) is 0 Å². The first kappa shape index (κ1) is 22.8. The molecule has 2 aliphatic heterocycles. The summed E-state index contributed by atoms with van der Waals surface area (Å²) in [6, 6.07) is 8.76. The van der Waals surface area contributed by atoms with Gasteiger partial charge in [-0.15, -0.1) is 0 Å². The molecule has 0 bridgehead atoms. The number of carbonyl (C=O) groups excluding carboxylic acids is 2. The fraction of sp³-hybridized carbons (Fsp3) is 0.522. The number of benzene rings is 1. The van der Waals surface area contributed by atoms with Crippen LogP contribution < -0.4 is 5.32 Å². The highest BCUT2D eigenvalue weighted by Crippen LogP contribution is 2.24. The third kappa shape index (κ3) is 6.09. The summed E-state index contributed by atoms with van der Waals surface area (Å²) in [4.78, 5) is 27.2. The average Bonchev–Trinajstić information content (AvgIpc) is 3.57. The minimum atomic E-state index is -0.288. The van der Waals surface area contributed by atoms with Crippen LogP contribution in [0.1, 0.15) is 42.6 Å². The molecule has 2 aliphatic rings. The average molecular weight is 462 g/mol. The summed E-state index contributed by atoms with van der Waals surface area (Å²) in [5.74, 6) is 0.0667. The lowest BCUT2D eigenvalue weighted by Gasteiger charge is -2.24. The number of hydrogen-bond acceptors (Lipinski definition) is 6. The predicted octanol–water partition coefficient (Wildman–Crippen LogP) is 3.30. The van der Waals surface area contributed by atoms with E-state index in [1.807, 2.05) is 6.07 Å². The number of nitrogens with zero attached hydrogens (tertiary/aromatic N) is 2. The molecule has 0 saturated carbocycles. The number of amides is 2. The van der Waals surface area contributed by atoms with E-state index in [0.29, 0.717) is 30.5 Å². The van der Waals surface area contributed by atoms with Gasteiger partial charge in [0.05, 0.1) is 12.2 Å². The van der Waals surface area contributed by atoms with Crippen molar-refractivity contribution in [2.75, 3.05) is 32.8 Å². The second-order valence-electron chi connectivity index (χ2n) is 8.16. The predicted molar refractivity (Wildman–Crippen MR) is 118 cm³/mol. The molecular formula is C23H28ClN3O5. The van der Waals surface area contributed by atoms with Gasteiger partial charge in [-0.1, -0.05) is 28.9 Å². The lowest BCUT2D eigenvalue weighted by molar-refractivity contribution is -0.121. The molecule has 8 nitrogen and oxygen atoms in total. The van der Waals surface area contributed by atoms with Gasteiger partial charge in [0.25, 0.3) is 5.91 Å². The van der Waals surface area contributed by atoms with E-state index >= 15 is 0 Å². The third-order valence-electron chi connectivity index (χ3n) is 5.73.